The molecule has 6 heteroatoms. The molecule has 0 N–H and O–H groups in total. The lowest BCUT2D eigenvalue weighted by Crippen LogP contribution is -2.03. The molecular formula is C51H31N5O. The number of nitrogens with zero attached hydrogens (tertiary/aromatic N) is 5. The van der Waals surface area contributed by atoms with E-state index in [4.69, 9.17) is 29.3 Å². The summed E-state index contributed by atoms with van der Waals surface area (Å²) in [7, 11) is 0. The SMILES string of the molecule is c1ccc(-c2nc(-c3ccc(-c4cccc5oc6ccccc6c45)cc3)nc(-c3cc(-c4ccc5ccccc5c4)nc(-c4ccc5ccccc5c4)n3)n2)cc1. The van der Waals surface area contributed by atoms with E-state index in [1.165, 1.54) is 5.39 Å². The summed E-state index contributed by atoms with van der Waals surface area (Å²) in [5, 5.41) is 6.77. The van der Waals surface area contributed by atoms with Crippen molar-refractivity contribution in [3.05, 3.63) is 188 Å². The summed E-state index contributed by atoms with van der Waals surface area (Å²) in [6.45, 7) is 0. The van der Waals surface area contributed by atoms with Crippen LogP contribution < -0.4 is 0 Å². The van der Waals surface area contributed by atoms with Crippen LogP contribution in [0.25, 0.3) is 112 Å². The monoisotopic (exact) mass is 729 g/mol. The zero-order valence-corrected chi connectivity index (χ0v) is 30.5. The molecule has 0 spiro atoms. The number of hydrogen-bond donors (Lipinski definition) is 0. The van der Waals surface area contributed by atoms with Gasteiger partial charge < -0.3 is 4.42 Å². The molecule has 0 unspecified atom stereocenters. The third-order valence-corrected chi connectivity index (χ3v) is 10.5. The minimum Gasteiger partial charge on any atom is -0.456 e. The van der Waals surface area contributed by atoms with E-state index < -0.39 is 0 Å². The number of aromatic nitrogens is 5. The van der Waals surface area contributed by atoms with E-state index in [-0.39, 0.29) is 0 Å². The smallest absolute Gasteiger partial charge is 0.182 e. The summed E-state index contributed by atoms with van der Waals surface area (Å²) < 4.78 is 6.19. The van der Waals surface area contributed by atoms with Gasteiger partial charge in [-0.25, -0.2) is 24.9 Å². The first-order valence-electron chi connectivity index (χ1n) is 18.9. The molecule has 8 aromatic carbocycles. The van der Waals surface area contributed by atoms with Gasteiger partial charge in [0.25, 0.3) is 0 Å². The molecule has 0 amide bonds. The Kier molecular flexibility index (Phi) is 7.71. The zero-order valence-electron chi connectivity index (χ0n) is 30.5. The highest BCUT2D eigenvalue weighted by Crippen LogP contribution is 2.37. The fraction of sp³-hybridized carbons (Fsp3) is 0. The van der Waals surface area contributed by atoms with Crippen LogP contribution in [0.5, 0.6) is 0 Å². The molecule has 0 aliphatic rings. The molecule has 0 aliphatic carbocycles. The second-order valence-corrected chi connectivity index (χ2v) is 14.1. The first-order chi connectivity index (χ1) is 28.2. The Morgan fingerprint density at radius 2 is 0.825 bits per heavy atom. The van der Waals surface area contributed by atoms with Gasteiger partial charge in [-0.1, -0.05) is 158 Å². The maximum Gasteiger partial charge on any atom is 0.182 e. The van der Waals surface area contributed by atoms with Gasteiger partial charge in [-0.15, -0.1) is 0 Å². The van der Waals surface area contributed by atoms with Crippen molar-refractivity contribution in [3.8, 4) is 68.1 Å². The van der Waals surface area contributed by atoms with Crippen LogP contribution >= 0.6 is 0 Å². The second-order valence-electron chi connectivity index (χ2n) is 14.1. The van der Waals surface area contributed by atoms with Gasteiger partial charge in [0.05, 0.1) is 5.69 Å². The third kappa shape index (κ3) is 5.97. The Bertz CT molecular complexity index is 3200. The van der Waals surface area contributed by atoms with Crippen molar-refractivity contribution < 1.29 is 4.42 Å². The Labute approximate surface area is 327 Å². The number of hydrogen-bond acceptors (Lipinski definition) is 6. The first-order valence-corrected chi connectivity index (χ1v) is 18.9. The van der Waals surface area contributed by atoms with Gasteiger partial charge in [-0.05, 0) is 63.0 Å². The first kappa shape index (κ1) is 32.6. The average Bonchev–Trinajstić information content (AvgIpc) is 3.68. The summed E-state index contributed by atoms with van der Waals surface area (Å²) in [5.41, 5.74) is 8.94. The van der Waals surface area contributed by atoms with Crippen LogP contribution in [-0.2, 0) is 0 Å². The molecule has 11 rings (SSSR count). The molecule has 0 aliphatic heterocycles. The van der Waals surface area contributed by atoms with Crippen LogP contribution in [0.15, 0.2) is 192 Å². The molecule has 0 saturated heterocycles. The number of fused-ring (bicyclic) bond motifs is 5. The van der Waals surface area contributed by atoms with Crippen molar-refractivity contribution in [2.24, 2.45) is 0 Å². The highest BCUT2D eigenvalue weighted by atomic mass is 16.3. The Balaban J connectivity index is 1.07. The highest BCUT2D eigenvalue weighted by Gasteiger charge is 2.18. The van der Waals surface area contributed by atoms with Crippen LogP contribution in [0, 0.1) is 0 Å². The fourth-order valence-corrected chi connectivity index (χ4v) is 7.67. The summed E-state index contributed by atoms with van der Waals surface area (Å²) in [6.07, 6.45) is 0. The predicted molar refractivity (Wildman–Crippen MR) is 230 cm³/mol. The molecule has 0 saturated carbocycles. The molecule has 6 nitrogen and oxygen atoms in total. The van der Waals surface area contributed by atoms with Crippen LogP contribution in [-0.4, -0.2) is 24.9 Å². The Hall–Kier alpha value is -7.83. The third-order valence-electron chi connectivity index (χ3n) is 10.5. The van der Waals surface area contributed by atoms with E-state index in [2.05, 4.69) is 115 Å². The number of benzene rings is 8. The van der Waals surface area contributed by atoms with Gasteiger partial charge in [0.2, 0.25) is 0 Å². The lowest BCUT2D eigenvalue weighted by atomic mass is 9.98. The summed E-state index contributed by atoms with van der Waals surface area (Å²) in [5.74, 6) is 2.17. The van der Waals surface area contributed by atoms with Gasteiger partial charge >= 0.3 is 0 Å². The summed E-state index contributed by atoms with van der Waals surface area (Å²) >= 11 is 0. The van der Waals surface area contributed by atoms with E-state index in [1.807, 2.05) is 72.8 Å². The lowest BCUT2D eigenvalue weighted by Gasteiger charge is -2.12. The van der Waals surface area contributed by atoms with Gasteiger partial charge in [0.1, 0.15) is 16.9 Å². The van der Waals surface area contributed by atoms with Gasteiger partial charge in [-0.2, -0.15) is 0 Å². The summed E-state index contributed by atoms with van der Waals surface area (Å²) in [4.78, 5) is 25.6. The normalized spacial score (nSPS) is 11.5. The van der Waals surface area contributed by atoms with Crippen LogP contribution in [0.3, 0.4) is 0 Å². The zero-order chi connectivity index (χ0) is 37.7. The van der Waals surface area contributed by atoms with Gasteiger partial charge in [-0.3, -0.25) is 0 Å². The van der Waals surface area contributed by atoms with E-state index in [0.29, 0.717) is 29.0 Å². The highest BCUT2D eigenvalue weighted by molar-refractivity contribution is 6.12. The number of para-hydroxylation sites is 1. The second kappa shape index (κ2) is 13.5. The predicted octanol–water partition coefficient (Wildman–Crippen LogP) is 12.9. The summed E-state index contributed by atoms with van der Waals surface area (Å²) in [6, 6.07) is 64.2. The van der Waals surface area contributed by atoms with Gasteiger partial charge in [0.15, 0.2) is 23.3 Å². The van der Waals surface area contributed by atoms with E-state index in [0.717, 1.165) is 77.2 Å². The molecule has 0 fully saturated rings. The Morgan fingerprint density at radius 1 is 0.298 bits per heavy atom. The number of rotatable bonds is 6. The van der Waals surface area contributed by atoms with Gasteiger partial charge in [0, 0.05) is 33.0 Å². The topological polar surface area (TPSA) is 77.6 Å². The molecular weight excluding hydrogens is 699 g/mol. The van der Waals surface area contributed by atoms with Crippen LogP contribution in [0.1, 0.15) is 0 Å². The van der Waals surface area contributed by atoms with Crippen molar-refractivity contribution >= 4 is 43.5 Å². The lowest BCUT2D eigenvalue weighted by molar-refractivity contribution is 0.669. The molecule has 3 heterocycles. The average molecular weight is 730 g/mol. The molecule has 0 bridgehead atoms. The molecule has 3 aromatic heterocycles. The number of furan rings is 1. The van der Waals surface area contributed by atoms with E-state index >= 15 is 0 Å². The maximum atomic E-state index is 6.19. The largest absolute Gasteiger partial charge is 0.456 e. The van der Waals surface area contributed by atoms with Crippen LogP contribution in [0.4, 0.5) is 0 Å². The van der Waals surface area contributed by atoms with E-state index in [1.54, 1.807) is 0 Å². The van der Waals surface area contributed by atoms with Crippen molar-refractivity contribution in [1.29, 1.82) is 0 Å². The standard InChI is InChI=1S/C51H31N5O/c1-2-13-35(14-3-1)48-54-49(36-25-23-34(24-26-36)41-18-10-20-46-47(41)42-17-8-9-19-45(42)57-46)56-51(55-48)44-31-43(39-27-21-32-11-4-6-15-37(32)29-39)52-50(53-44)40-28-22-33-12-5-7-16-38(33)30-40/h1-31H. The quantitative estimate of drug-likeness (QED) is 0.170. The van der Waals surface area contributed by atoms with E-state index in [9.17, 15) is 0 Å². The molecule has 11 aromatic rings. The maximum absolute atomic E-state index is 6.19. The molecule has 0 atom stereocenters. The fourth-order valence-electron chi connectivity index (χ4n) is 7.67. The minimum atomic E-state index is 0.462. The van der Waals surface area contributed by atoms with Crippen molar-refractivity contribution in [3.63, 3.8) is 0 Å². The molecule has 266 valence electrons. The van der Waals surface area contributed by atoms with Crippen molar-refractivity contribution in [1.82, 2.24) is 24.9 Å². The minimum absolute atomic E-state index is 0.462. The molecule has 57 heavy (non-hydrogen) atoms. The van der Waals surface area contributed by atoms with Crippen molar-refractivity contribution in [2.75, 3.05) is 0 Å². The van der Waals surface area contributed by atoms with Crippen LogP contribution in [0.2, 0.25) is 0 Å². The Morgan fingerprint density at radius 3 is 1.58 bits per heavy atom. The molecule has 0 radical (unpaired) electrons. The van der Waals surface area contributed by atoms with Crippen molar-refractivity contribution in [2.45, 2.75) is 0 Å².